The fourth-order valence-corrected chi connectivity index (χ4v) is 3.96. The van der Waals surface area contributed by atoms with E-state index in [1.807, 2.05) is 6.07 Å². The molecule has 0 bridgehead atoms. The van der Waals surface area contributed by atoms with Crippen LogP contribution in [0, 0.1) is 11.3 Å². The maximum atomic E-state index is 15.0. The normalized spacial score (nSPS) is 18.9. The molecule has 11 nitrogen and oxygen atoms in total. The minimum Gasteiger partial charge on any atom is -0.444 e. The Balaban J connectivity index is 1.56. The van der Waals surface area contributed by atoms with E-state index in [-0.39, 0.29) is 30.2 Å². The Labute approximate surface area is 212 Å². The number of alkyl halides is 2. The van der Waals surface area contributed by atoms with E-state index in [9.17, 15) is 18.8 Å². The molecule has 0 radical (unpaired) electrons. The molecule has 0 saturated heterocycles. The quantitative estimate of drug-likeness (QED) is 0.444. The van der Waals surface area contributed by atoms with Crippen molar-refractivity contribution in [1.82, 2.24) is 30.3 Å². The molecule has 1 saturated carbocycles. The largest absolute Gasteiger partial charge is 0.444 e. The van der Waals surface area contributed by atoms with Crippen molar-refractivity contribution in [3.63, 3.8) is 0 Å². The summed E-state index contributed by atoms with van der Waals surface area (Å²) in [5.41, 5.74) is 0.584. The van der Waals surface area contributed by atoms with Gasteiger partial charge in [0.05, 0.1) is 30.3 Å². The van der Waals surface area contributed by atoms with Gasteiger partial charge in [0.25, 0.3) is 5.92 Å². The monoisotopic (exact) mass is 511 g/mol. The van der Waals surface area contributed by atoms with Crippen molar-refractivity contribution in [2.24, 2.45) is 0 Å². The Bertz CT molecular complexity index is 1290. The van der Waals surface area contributed by atoms with Gasteiger partial charge >= 0.3 is 6.09 Å². The standard InChI is InChI=1S/C24H27F2N9O2/c1-23(2,3)37-22(36)32-18-8-5-9-24(25,26)19(18)33-21-28-14-15(13-27)20(34-21)31-16-6-4-7-17(12-16)35-29-10-11-30-35/h4,6-7,10-12,14,18-19H,5,8-9H2,1-3H3,(H,32,36)(H2,28,31,33,34)/t18-,19-/m0/s1. The lowest BCUT2D eigenvalue weighted by molar-refractivity contribution is -0.0564. The molecular weight excluding hydrogens is 484 g/mol. The molecule has 4 rings (SSSR count). The zero-order chi connectivity index (χ0) is 26.6. The maximum Gasteiger partial charge on any atom is 0.407 e. The number of hydrogen-bond acceptors (Lipinski definition) is 9. The van der Waals surface area contributed by atoms with Gasteiger partial charge in [0.2, 0.25) is 5.95 Å². The highest BCUT2D eigenvalue weighted by molar-refractivity contribution is 5.68. The van der Waals surface area contributed by atoms with Gasteiger partial charge in [-0.25, -0.2) is 18.6 Å². The predicted molar refractivity (Wildman–Crippen MR) is 131 cm³/mol. The molecule has 194 valence electrons. The topological polar surface area (TPSA) is 143 Å². The van der Waals surface area contributed by atoms with Crippen LogP contribution in [0.3, 0.4) is 0 Å². The smallest absolute Gasteiger partial charge is 0.407 e. The molecule has 1 aromatic carbocycles. The van der Waals surface area contributed by atoms with Crippen LogP contribution in [0.15, 0.2) is 42.9 Å². The van der Waals surface area contributed by atoms with Gasteiger partial charge in [-0.05, 0) is 51.8 Å². The molecule has 2 heterocycles. The average molecular weight is 512 g/mol. The molecule has 13 heteroatoms. The minimum absolute atomic E-state index is 0.117. The van der Waals surface area contributed by atoms with Gasteiger partial charge in [-0.3, -0.25) is 0 Å². The first-order valence-corrected chi connectivity index (χ1v) is 11.7. The van der Waals surface area contributed by atoms with E-state index in [2.05, 4.69) is 36.1 Å². The summed E-state index contributed by atoms with van der Waals surface area (Å²) in [7, 11) is 0. The lowest BCUT2D eigenvalue weighted by Gasteiger charge is -2.38. The number of nitrogens with one attached hydrogen (secondary N) is 3. The summed E-state index contributed by atoms with van der Waals surface area (Å²) in [6, 6.07) is 6.65. The van der Waals surface area contributed by atoms with E-state index in [0.717, 1.165) is 0 Å². The third-order valence-electron chi connectivity index (χ3n) is 5.54. The number of nitrogens with zero attached hydrogens (tertiary/aromatic N) is 6. The summed E-state index contributed by atoms with van der Waals surface area (Å²) in [6.45, 7) is 5.08. The number of hydrogen-bond donors (Lipinski definition) is 3. The number of carbonyl (C=O) groups excluding carboxylic acids is 1. The van der Waals surface area contributed by atoms with Crippen molar-refractivity contribution < 1.29 is 18.3 Å². The number of nitriles is 1. The molecule has 1 aliphatic carbocycles. The SMILES string of the molecule is CC(C)(C)OC(=O)N[C@H]1CCCC(F)(F)[C@H]1Nc1ncc(C#N)c(Nc2cccc(-n3nccn3)c2)n1. The molecule has 0 spiro atoms. The average Bonchev–Trinajstić information content (AvgIpc) is 3.35. The Morgan fingerprint density at radius 1 is 1.27 bits per heavy atom. The second-order valence-corrected chi connectivity index (χ2v) is 9.59. The second kappa shape index (κ2) is 10.3. The van der Waals surface area contributed by atoms with Gasteiger partial charge in [-0.2, -0.15) is 25.2 Å². The lowest BCUT2D eigenvalue weighted by Crippen LogP contribution is -2.58. The fraction of sp³-hybridized carbons (Fsp3) is 0.417. The number of ether oxygens (including phenoxy) is 1. The summed E-state index contributed by atoms with van der Waals surface area (Å²) >= 11 is 0. The Morgan fingerprint density at radius 3 is 2.73 bits per heavy atom. The van der Waals surface area contributed by atoms with Crippen LogP contribution in [-0.2, 0) is 4.74 Å². The maximum absolute atomic E-state index is 15.0. The zero-order valence-corrected chi connectivity index (χ0v) is 20.6. The van der Waals surface area contributed by atoms with Crippen LogP contribution < -0.4 is 16.0 Å². The third-order valence-corrected chi connectivity index (χ3v) is 5.54. The molecule has 2 aromatic heterocycles. The van der Waals surface area contributed by atoms with E-state index in [4.69, 9.17) is 4.74 Å². The molecule has 0 unspecified atom stereocenters. The Hall–Kier alpha value is -4.34. The molecule has 1 fully saturated rings. The van der Waals surface area contributed by atoms with Crippen LogP contribution in [0.5, 0.6) is 0 Å². The number of anilines is 3. The Morgan fingerprint density at radius 2 is 2.03 bits per heavy atom. The number of benzene rings is 1. The molecule has 1 aliphatic rings. The Kier molecular flexibility index (Phi) is 7.19. The summed E-state index contributed by atoms with van der Waals surface area (Å²) < 4.78 is 35.2. The van der Waals surface area contributed by atoms with Gasteiger partial charge in [0.15, 0.2) is 5.82 Å². The van der Waals surface area contributed by atoms with Crippen LogP contribution in [0.25, 0.3) is 5.69 Å². The first kappa shape index (κ1) is 25.7. The summed E-state index contributed by atoms with van der Waals surface area (Å²) in [6.07, 6.45) is 3.75. The molecule has 0 aliphatic heterocycles. The number of rotatable bonds is 6. The number of amides is 1. The lowest BCUT2D eigenvalue weighted by atomic mass is 9.87. The van der Waals surface area contributed by atoms with Crippen molar-refractivity contribution in [3.8, 4) is 11.8 Å². The number of carbonyl (C=O) groups is 1. The summed E-state index contributed by atoms with van der Waals surface area (Å²) in [4.78, 5) is 22.1. The van der Waals surface area contributed by atoms with Gasteiger partial charge in [0, 0.05) is 12.1 Å². The molecule has 37 heavy (non-hydrogen) atoms. The first-order chi connectivity index (χ1) is 17.5. The summed E-state index contributed by atoms with van der Waals surface area (Å²) in [5.74, 6) is -3.14. The highest BCUT2D eigenvalue weighted by Crippen LogP contribution is 2.35. The van der Waals surface area contributed by atoms with Crippen LogP contribution in [0.2, 0.25) is 0 Å². The highest BCUT2D eigenvalue weighted by atomic mass is 19.3. The highest BCUT2D eigenvalue weighted by Gasteiger charge is 2.48. The van der Waals surface area contributed by atoms with Crippen LogP contribution in [-0.4, -0.2) is 54.7 Å². The predicted octanol–water partition coefficient (Wildman–Crippen LogP) is 4.17. The van der Waals surface area contributed by atoms with Crippen molar-refractivity contribution in [3.05, 3.63) is 48.4 Å². The van der Waals surface area contributed by atoms with E-state index < -0.39 is 29.7 Å². The second-order valence-electron chi connectivity index (χ2n) is 9.59. The third kappa shape index (κ3) is 6.46. The van der Waals surface area contributed by atoms with Crippen molar-refractivity contribution in [2.75, 3.05) is 10.6 Å². The first-order valence-electron chi connectivity index (χ1n) is 11.7. The van der Waals surface area contributed by atoms with E-state index >= 15 is 0 Å². The van der Waals surface area contributed by atoms with Crippen molar-refractivity contribution >= 4 is 23.5 Å². The van der Waals surface area contributed by atoms with E-state index in [1.54, 1.807) is 57.4 Å². The van der Waals surface area contributed by atoms with Crippen LogP contribution >= 0.6 is 0 Å². The summed E-state index contributed by atoms with van der Waals surface area (Å²) in [5, 5.41) is 26.0. The van der Waals surface area contributed by atoms with Crippen LogP contribution in [0.1, 0.15) is 45.6 Å². The molecule has 3 aromatic rings. The van der Waals surface area contributed by atoms with Gasteiger partial charge in [0.1, 0.15) is 23.3 Å². The van der Waals surface area contributed by atoms with E-state index in [0.29, 0.717) is 17.8 Å². The molecule has 1 amide bonds. The van der Waals surface area contributed by atoms with Crippen molar-refractivity contribution in [2.45, 2.75) is 63.6 Å². The minimum atomic E-state index is -3.14. The molecule has 2 atom stereocenters. The van der Waals surface area contributed by atoms with Crippen molar-refractivity contribution in [1.29, 1.82) is 5.26 Å². The van der Waals surface area contributed by atoms with Gasteiger partial charge < -0.3 is 20.7 Å². The van der Waals surface area contributed by atoms with Gasteiger partial charge in [-0.15, -0.1) is 0 Å². The zero-order valence-electron chi connectivity index (χ0n) is 20.6. The number of halogens is 2. The number of aromatic nitrogens is 5. The van der Waals surface area contributed by atoms with E-state index in [1.165, 1.54) is 11.0 Å². The fourth-order valence-electron chi connectivity index (χ4n) is 3.96. The molecule has 3 N–H and O–H groups in total. The molecular formula is C24H27F2N9O2. The van der Waals surface area contributed by atoms with Gasteiger partial charge in [-0.1, -0.05) is 6.07 Å². The van der Waals surface area contributed by atoms with Crippen LogP contribution in [0.4, 0.5) is 31.0 Å². The number of alkyl carbamates (subject to hydrolysis) is 1.